The molecule has 8 nitrogen and oxygen atoms in total. The molecule has 43 heavy (non-hydrogen) atoms. The third kappa shape index (κ3) is 5.66. The van der Waals surface area contributed by atoms with Crippen LogP contribution in [0.15, 0.2) is 84.9 Å². The quantitative estimate of drug-likeness (QED) is 0.197. The van der Waals surface area contributed by atoms with E-state index in [4.69, 9.17) is 4.98 Å². The van der Waals surface area contributed by atoms with E-state index in [0.29, 0.717) is 6.42 Å². The summed E-state index contributed by atoms with van der Waals surface area (Å²) in [4.78, 5) is 26.2. The molecule has 1 atom stereocenters. The number of aromatic nitrogens is 2. The highest BCUT2D eigenvalue weighted by Crippen LogP contribution is 2.31. The fourth-order valence-corrected chi connectivity index (χ4v) is 6.12. The minimum Gasteiger partial charge on any atom is -0.508 e. The maximum Gasteiger partial charge on any atom is 0.247 e. The molecule has 4 aromatic carbocycles. The Morgan fingerprint density at radius 1 is 0.860 bits per heavy atom. The van der Waals surface area contributed by atoms with E-state index in [1.807, 2.05) is 18.2 Å². The fourth-order valence-electron chi connectivity index (χ4n) is 6.12. The molecular weight excluding hydrogens is 536 g/mol. The summed E-state index contributed by atoms with van der Waals surface area (Å²) in [5, 5.41) is 16.1. The number of fused-ring (bicyclic) bond motifs is 2. The summed E-state index contributed by atoms with van der Waals surface area (Å²) in [6, 6.07) is 27.9. The van der Waals surface area contributed by atoms with Gasteiger partial charge in [0.15, 0.2) is 0 Å². The van der Waals surface area contributed by atoms with Crippen LogP contribution in [0.3, 0.4) is 0 Å². The molecule has 1 fully saturated rings. The number of imidazole rings is 1. The van der Waals surface area contributed by atoms with Crippen LogP contribution in [0.2, 0.25) is 0 Å². The van der Waals surface area contributed by atoms with Gasteiger partial charge in [0.2, 0.25) is 5.91 Å². The number of H-pyrrole nitrogens is 1. The van der Waals surface area contributed by atoms with E-state index >= 15 is 0 Å². The zero-order chi connectivity index (χ0) is 29.3. The Bertz CT molecular complexity index is 1750. The highest BCUT2D eigenvalue weighted by Gasteiger charge is 2.26. The van der Waals surface area contributed by atoms with Crippen LogP contribution in [-0.4, -0.2) is 58.1 Å². The number of hydrogen-bond acceptors (Lipinski definition) is 6. The number of benzene rings is 4. The van der Waals surface area contributed by atoms with Crippen LogP contribution in [0, 0.1) is 0 Å². The summed E-state index contributed by atoms with van der Waals surface area (Å²) < 4.78 is 0. The van der Waals surface area contributed by atoms with E-state index in [0.717, 1.165) is 78.5 Å². The molecule has 1 saturated heterocycles. The van der Waals surface area contributed by atoms with E-state index in [1.165, 1.54) is 16.8 Å². The average Bonchev–Trinajstić information content (AvgIpc) is 3.48. The number of carbonyl (C=O) groups excluding carboxylic acids is 1. The number of carbonyl (C=O) groups is 1. The molecule has 1 amide bonds. The van der Waals surface area contributed by atoms with E-state index < -0.39 is 0 Å². The van der Waals surface area contributed by atoms with Crippen LogP contribution in [0.1, 0.15) is 23.6 Å². The third-order valence-corrected chi connectivity index (χ3v) is 8.61. The second-order valence-corrected chi connectivity index (χ2v) is 11.5. The normalized spacial score (nSPS) is 17.0. The monoisotopic (exact) mass is 572 g/mol. The van der Waals surface area contributed by atoms with Crippen molar-refractivity contribution in [2.24, 2.45) is 0 Å². The topological polar surface area (TPSA) is 96.5 Å². The van der Waals surface area contributed by atoms with Gasteiger partial charge in [-0.1, -0.05) is 55.5 Å². The van der Waals surface area contributed by atoms with Crippen LogP contribution in [0.4, 0.5) is 17.1 Å². The lowest BCUT2D eigenvalue weighted by Crippen LogP contribution is -2.46. The predicted molar refractivity (Wildman–Crippen MR) is 173 cm³/mol. The lowest BCUT2D eigenvalue weighted by Gasteiger charge is -2.36. The van der Waals surface area contributed by atoms with Gasteiger partial charge in [0.1, 0.15) is 23.1 Å². The Morgan fingerprint density at radius 2 is 1.60 bits per heavy atom. The second kappa shape index (κ2) is 11.5. The molecular formula is C35H36N6O2. The van der Waals surface area contributed by atoms with Gasteiger partial charge in [0.25, 0.3) is 0 Å². The first-order chi connectivity index (χ1) is 21.0. The number of aryl methyl sites for hydroxylation is 1. The van der Waals surface area contributed by atoms with Crippen molar-refractivity contribution in [1.29, 1.82) is 0 Å². The van der Waals surface area contributed by atoms with E-state index in [9.17, 15) is 9.90 Å². The number of amides is 1. The first-order valence-corrected chi connectivity index (χ1v) is 15.1. The number of phenolic OH excluding ortho intramolecular Hbond substituents is 1. The van der Waals surface area contributed by atoms with Crippen LogP contribution >= 0.6 is 0 Å². The van der Waals surface area contributed by atoms with Crippen molar-refractivity contribution >= 4 is 34.0 Å². The lowest BCUT2D eigenvalue weighted by molar-refractivity contribution is -0.117. The molecule has 1 unspecified atom stereocenters. The van der Waals surface area contributed by atoms with Gasteiger partial charge in [-0.15, -0.1) is 0 Å². The number of aromatic amines is 1. The van der Waals surface area contributed by atoms with Gasteiger partial charge in [-0.2, -0.15) is 0 Å². The van der Waals surface area contributed by atoms with Crippen molar-refractivity contribution < 1.29 is 9.90 Å². The smallest absolute Gasteiger partial charge is 0.247 e. The summed E-state index contributed by atoms with van der Waals surface area (Å²) in [5.41, 5.74) is 9.67. The number of phenols is 1. The van der Waals surface area contributed by atoms with Crippen molar-refractivity contribution in [3.8, 4) is 17.1 Å². The Balaban J connectivity index is 1.00. The van der Waals surface area contributed by atoms with Gasteiger partial charge in [-0.25, -0.2) is 4.98 Å². The number of nitrogens with one attached hydrogen (secondary N) is 3. The molecule has 0 aliphatic carbocycles. The highest BCUT2D eigenvalue weighted by atomic mass is 16.3. The van der Waals surface area contributed by atoms with Crippen LogP contribution in [0.25, 0.3) is 22.4 Å². The zero-order valence-corrected chi connectivity index (χ0v) is 24.3. The number of para-hydroxylation sites is 1. The van der Waals surface area contributed by atoms with Crippen molar-refractivity contribution in [3.63, 3.8) is 0 Å². The Hall–Kier alpha value is -4.82. The Morgan fingerprint density at radius 3 is 2.37 bits per heavy atom. The first kappa shape index (κ1) is 27.0. The standard InChI is InChI=1S/C35H36N6O2/c1-2-23-6-11-26(12-7-23)34-37-29-4-3-5-32(33(29)39-34)41-18-16-40(17-19-41)22-25-10-15-28-30(21-25)36-31(35(43)38-28)20-24-8-13-27(42)14-9-24/h3-15,21,31,36,42H,2,16-20,22H2,1H3,(H,37,39)(H,38,43). The van der Waals surface area contributed by atoms with Gasteiger partial charge < -0.3 is 25.6 Å². The maximum atomic E-state index is 12.7. The molecule has 8 heteroatoms. The molecule has 2 aliphatic heterocycles. The summed E-state index contributed by atoms with van der Waals surface area (Å²) in [6.07, 6.45) is 1.58. The molecule has 218 valence electrons. The van der Waals surface area contributed by atoms with E-state index in [-0.39, 0.29) is 17.7 Å². The Kier molecular flexibility index (Phi) is 7.20. The minimum absolute atomic E-state index is 0.0436. The van der Waals surface area contributed by atoms with E-state index in [1.54, 1.807) is 12.1 Å². The largest absolute Gasteiger partial charge is 0.508 e. The SMILES string of the molecule is CCc1ccc(-c2nc3c(N4CCN(Cc5ccc6c(c5)NC(Cc5ccc(O)cc5)C(=O)N6)CC4)cccc3[nH]2)cc1. The third-order valence-electron chi connectivity index (χ3n) is 8.61. The predicted octanol–water partition coefficient (Wildman–Crippen LogP) is 5.80. The van der Waals surface area contributed by atoms with Crippen molar-refractivity contribution in [3.05, 3.63) is 102 Å². The number of piperazine rings is 1. The second-order valence-electron chi connectivity index (χ2n) is 11.5. The fraction of sp³-hybridized carbons (Fsp3) is 0.257. The summed E-state index contributed by atoms with van der Waals surface area (Å²) in [7, 11) is 0. The number of rotatable bonds is 7. The molecule has 2 aliphatic rings. The molecule has 4 N–H and O–H groups in total. The summed E-state index contributed by atoms with van der Waals surface area (Å²) in [6.45, 7) is 6.79. The number of anilines is 3. The van der Waals surface area contributed by atoms with Crippen LogP contribution < -0.4 is 15.5 Å². The highest BCUT2D eigenvalue weighted by molar-refractivity contribution is 6.03. The molecule has 0 bridgehead atoms. The van der Waals surface area contributed by atoms with Crippen molar-refractivity contribution in [1.82, 2.24) is 14.9 Å². The van der Waals surface area contributed by atoms with Gasteiger partial charge in [0.05, 0.1) is 22.6 Å². The Labute approximate surface area is 251 Å². The van der Waals surface area contributed by atoms with E-state index in [2.05, 4.69) is 86.9 Å². The number of aromatic hydroxyl groups is 1. The number of hydrogen-bond donors (Lipinski definition) is 4. The number of nitrogens with zero attached hydrogens (tertiary/aromatic N) is 3. The molecule has 0 saturated carbocycles. The molecule has 3 heterocycles. The molecule has 1 aromatic heterocycles. The van der Waals surface area contributed by atoms with Crippen LogP contribution in [-0.2, 0) is 24.2 Å². The van der Waals surface area contributed by atoms with Crippen molar-refractivity contribution in [2.75, 3.05) is 41.7 Å². The molecule has 0 spiro atoms. The zero-order valence-electron chi connectivity index (χ0n) is 24.3. The summed E-state index contributed by atoms with van der Waals surface area (Å²) in [5.74, 6) is 1.09. The van der Waals surface area contributed by atoms with Crippen LogP contribution in [0.5, 0.6) is 5.75 Å². The first-order valence-electron chi connectivity index (χ1n) is 15.1. The maximum absolute atomic E-state index is 12.7. The van der Waals surface area contributed by atoms with Gasteiger partial charge in [-0.05, 0) is 59.5 Å². The van der Waals surface area contributed by atoms with Crippen molar-refractivity contribution in [2.45, 2.75) is 32.4 Å². The summed E-state index contributed by atoms with van der Waals surface area (Å²) >= 11 is 0. The van der Waals surface area contributed by atoms with Gasteiger partial charge in [0, 0.05) is 44.7 Å². The lowest BCUT2D eigenvalue weighted by atomic mass is 10.0. The minimum atomic E-state index is -0.364. The average molecular weight is 573 g/mol. The molecule has 7 rings (SSSR count). The molecule has 0 radical (unpaired) electrons. The van der Waals surface area contributed by atoms with Gasteiger partial charge >= 0.3 is 0 Å². The molecule has 5 aromatic rings. The van der Waals surface area contributed by atoms with Gasteiger partial charge in [-0.3, -0.25) is 9.69 Å².